The van der Waals surface area contributed by atoms with Gasteiger partial charge in [0, 0.05) is 50.2 Å². The van der Waals surface area contributed by atoms with Crippen LogP contribution in [0.25, 0.3) is 0 Å². The van der Waals surface area contributed by atoms with E-state index in [1.54, 1.807) is 0 Å². The number of nitrogens with zero attached hydrogens (tertiary/aromatic N) is 2. The number of amides is 1. The highest BCUT2D eigenvalue weighted by atomic mass is 35.5. The molecule has 0 aromatic rings. The molecular weight excluding hydrogens is 361 g/mol. The van der Waals surface area contributed by atoms with Gasteiger partial charge in [-0.25, -0.2) is 0 Å². The van der Waals surface area contributed by atoms with Gasteiger partial charge in [-0.1, -0.05) is 20.3 Å². The molecule has 4 aliphatic rings. The number of rotatable bonds is 2. The number of hydrogen-bond acceptors (Lipinski definition) is 4. The van der Waals surface area contributed by atoms with Crippen LogP contribution in [0, 0.1) is 11.3 Å². The zero-order valence-corrected chi connectivity index (χ0v) is 17.0. The van der Waals surface area contributed by atoms with Crippen LogP contribution in [0.1, 0.15) is 46.0 Å². The molecule has 146 valence electrons. The number of hydrogen-bond donors (Lipinski definition) is 1. The molecule has 4 fully saturated rings. The van der Waals surface area contributed by atoms with Crippen molar-refractivity contribution in [2.45, 2.75) is 63.6 Å². The Balaban J connectivity index is 0.00000113. The van der Waals surface area contributed by atoms with E-state index in [1.165, 1.54) is 19.3 Å². The molecule has 1 amide bonds. The van der Waals surface area contributed by atoms with E-state index < -0.39 is 5.54 Å². The molecule has 5 nitrogen and oxygen atoms in total. The highest BCUT2D eigenvalue weighted by Gasteiger charge is 2.70. The van der Waals surface area contributed by atoms with Gasteiger partial charge >= 0.3 is 0 Å². The molecule has 3 unspecified atom stereocenters. The summed E-state index contributed by atoms with van der Waals surface area (Å²) in [7, 11) is 0. The largest absolute Gasteiger partial charge is 0.377 e. The highest BCUT2D eigenvalue weighted by molar-refractivity contribution is 5.89. The van der Waals surface area contributed by atoms with Crippen molar-refractivity contribution in [3.05, 3.63) is 0 Å². The fourth-order valence-electron chi connectivity index (χ4n) is 5.31. The molecule has 3 atom stereocenters. The van der Waals surface area contributed by atoms with Crippen molar-refractivity contribution in [2.75, 3.05) is 32.8 Å². The third-order valence-electron chi connectivity index (χ3n) is 7.23. The van der Waals surface area contributed by atoms with Gasteiger partial charge in [0.2, 0.25) is 5.91 Å². The maximum absolute atomic E-state index is 13.3. The van der Waals surface area contributed by atoms with Crippen molar-refractivity contribution in [1.82, 2.24) is 9.80 Å². The second kappa shape index (κ2) is 7.51. The van der Waals surface area contributed by atoms with E-state index >= 15 is 0 Å². The Morgan fingerprint density at radius 1 is 1.04 bits per heavy atom. The van der Waals surface area contributed by atoms with E-state index in [2.05, 4.69) is 18.7 Å². The van der Waals surface area contributed by atoms with E-state index in [4.69, 9.17) is 10.5 Å². The molecule has 0 aromatic carbocycles. The minimum atomic E-state index is -0.739. The summed E-state index contributed by atoms with van der Waals surface area (Å²) in [4.78, 5) is 17.9. The van der Waals surface area contributed by atoms with Crippen LogP contribution in [0.3, 0.4) is 0 Å². The van der Waals surface area contributed by atoms with Crippen LogP contribution in [0.15, 0.2) is 0 Å². The summed E-state index contributed by atoms with van der Waals surface area (Å²) in [6, 6.07) is 0.773. The first-order valence-electron chi connectivity index (χ1n) is 9.40. The molecule has 2 heterocycles. The Labute approximate surface area is 163 Å². The molecule has 2 saturated carbocycles. The Morgan fingerprint density at radius 3 is 2.24 bits per heavy atom. The van der Waals surface area contributed by atoms with Crippen molar-refractivity contribution in [3.8, 4) is 0 Å². The Kier molecular flexibility index (Phi) is 6.38. The smallest absolute Gasteiger partial charge is 0.243 e. The van der Waals surface area contributed by atoms with Crippen LogP contribution in [0.2, 0.25) is 0 Å². The van der Waals surface area contributed by atoms with Gasteiger partial charge < -0.3 is 15.4 Å². The number of carbonyl (C=O) groups is 1. The predicted molar refractivity (Wildman–Crippen MR) is 103 cm³/mol. The molecule has 0 radical (unpaired) electrons. The van der Waals surface area contributed by atoms with Crippen LogP contribution < -0.4 is 5.73 Å². The van der Waals surface area contributed by atoms with E-state index in [-0.39, 0.29) is 48.2 Å². The average Bonchev–Trinajstić information content (AvgIpc) is 2.52. The molecular formula is C18H33Cl2N3O2. The third-order valence-corrected chi connectivity index (χ3v) is 7.23. The van der Waals surface area contributed by atoms with Crippen molar-refractivity contribution in [2.24, 2.45) is 17.1 Å². The minimum Gasteiger partial charge on any atom is -0.377 e. The summed E-state index contributed by atoms with van der Waals surface area (Å²) in [5.74, 6) is 0.367. The van der Waals surface area contributed by atoms with Gasteiger partial charge in [-0.05, 0) is 25.7 Å². The molecule has 0 spiro atoms. The first-order valence-corrected chi connectivity index (χ1v) is 9.40. The van der Waals surface area contributed by atoms with Gasteiger partial charge in [0.25, 0.3) is 0 Å². The molecule has 2 N–H and O–H groups in total. The molecule has 4 rings (SSSR count). The number of fused-ring (bicyclic) bond motifs is 1. The second-order valence-electron chi connectivity index (χ2n) is 8.54. The predicted octanol–water partition coefficient (Wildman–Crippen LogP) is 2.06. The number of ether oxygens (including phenoxy) is 1. The van der Waals surface area contributed by atoms with E-state index in [0.29, 0.717) is 0 Å². The maximum atomic E-state index is 13.3. The SMILES string of the molecule is CC1(C)C2OCCCC2C1(N)C(=O)N1CCN(C2CCC2)CC1.Cl.Cl. The number of nitrogens with two attached hydrogens (primary N) is 1. The highest BCUT2D eigenvalue weighted by Crippen LogP contribution is 2.58. The maximum Gasteiger partial charge on any atom is 0.243 e. The summed E-state index contributed by atoms with van der Waals surface area (Å²) < 4.78 is 5.94. The van der Waals surface area contributed by atoms with Crippen LogP contribution in [-0.2, 0) is 9.53 Å². The van der Waals surface area contributed by atoms with Gasteiger partial charge in [0.1, 0.15) is 5.54 Å². The fourth-order valence-corrected chi connectivity index (χ4v) is 5.31. The Morgan fingerprint density at radius 2 is 1.68 bits per heavy atom. The summed E-state index contributed by atoms with van der Waals surface area (Å²) in [5, 5.41) is 0. The molecule has 2 aliphatic heterocycles. The molecule has 25 heavy (non-hydrogen) atoms. The van der Waals surface area contributed by atoms with Crippen LogP contribution >= 0.6 is 24.8 Å². The number of carbonyl (C=O) groups excluding carboxylic acids is 1. The average molecular weight is 394 g/mol. The molecule has 2 aliphatic carbocycles. The molecule has 0 aromatic heterocycles. The van der Waals surface area contributed by atoms with Crippen LogP contribution in [-0.4, -0.2) is 66.2 Å². The molecule has 7 heteroatoms. The normalized spacial score (nSPS) is 37.6. The van der Waals surface area contributed by atoms with E-state index in [0.717, 1.165) is 51.7 Å². The standard InChI is InChI=1S/C18H31N3O2.2ClH/c1-17(2)15-14(7-4-12-23-15)18(17,19)16(22)21-10-8-20(9-11-21)13-5-3-6-13;;/h13-15H,3-12,19H2,1-2H3;2*1H. The van der Waals surface area contributed by atoms with Crippen LogP contribution in [0.5, 0.6) is 0 Å². The zero-order chi connectivity index (χ0) is 16.2. The van der Waals surface area contributed by atoms with Gasteiger partial charge in [-0.15, -0.1) is 24.8 Å². The fraction of sp³-hybridized carbons (Fsp3) is 0.944. The van der Waals surface area contributed by atoms with Crippen LogP contribution in [0.4, 0.5) is 0 Å². The Bertz CT molecular complexity index is 493. The molecule has 0 bridgehead atoms. The number of halogens is 2. The second-order valence-corrected chi connectivity index (χ2v) is 8.54. The lowest BCUT2D eigenvalue weighted by molar-refractivity contribution is -0.230. The van der Waals surface area contributed by atoms with Crippen molar-refractivity contribution in [3.63, 3.8) is 0 Å². The van der Waals surface area contributed by atoms with Gasteiger partial charge in [-0.3, -0.25) is 9.69 Å². The monoisotopic (exact) mass is 393 g/mol. The lowest BCUT2D eigenvalue weighted by atomic mass is 9.46. The number of piperazine rings is 1. The lowest BCUT2D eigenvalue weighted by Crippen LogP contribution is -2.83. The van der Waals surface area contributed by atoms with Crippen molar-refractivity contribution < 1.29 is 9.53 Å². The van der Waals surface area contributed by atoms with Gasteiger partial charge in [-0.2, -0.15) is 0 Å². The third kappa shape index (κ3) is 3.00. The lowest BCUT2D eigenvalue weighted by Gasteiger charge is -2.66. The summed E-state index contributed by atoms with van der Waals surface area (Å²) in [6.07, 6.45) is 6.25. The first kappa shape index (κ1) is 21.2. The quantitative estimate of drug-likeness (QED) is 0.779. The molecule has 2 saturated heterocycles. The summed E-state index contributed by atoms with van der Waals surface area (Å²) in [5.41, 5.74) is 5.75. The summed E-state index contributed by atoms with van der Waals surface area (Å²) >= 11 is 0. The van der Waals surface area contributed by atoms with Crippen molar-refractivity contribution in [1.29, 1.82) is 0 Å². The first-order chi connectivity index (χ1) is 11.0. The van der Waals surface area contributed by atoms with E-state index in [1.807, 2.05) is 4.90 Å². The van der Waals surface area contributed by atoms with E-state index in [9.17, 15) is 4.79 Å². The van der Waals surface area contributed by atoms with Gasteiger partial charge in [0.15, 0.2) is 0 Å². The van der Waals surface area contributed by atoms with Crippen molar-refractivity contribution >= 4 is 30.7 Å². The topological polar surface area (TPSA) is 58.8 Å². The van der Waals surface area contributed by atoms with Gasteiger partial charge in [0.05, 0.1) is 6.10 Å². The zero-order valence-electron chi connectivity index (χ0n) is 15.4. The minimum absolute atomic E-state index is 0. The Hall–Kier alpha value is -0.0700. The summed E-state index contributed by atoms with van der Waals surface area (Å²) in [6.45, 7) is 8.74.